The third-order valence-electron chi connectivity index (χ3n) is 6.98. The number of nitrogens with zero attached hydrogens (tertiary/aromatic N) is 2. The highest BCUT2D eigenvalue weighted by atomic mass is 16.2. The number of aliphatic imine (C=N–C) groups is 1. The monoisotopic (exact) mass is 426 g/mol. The lowest BCUT2D eigenvalue weighted by Gasteiger charge is -2.41. The van der Waals surface area contributed by atoms with E-state index in [4.69, 9.17) is 4.99 Å². The molecule has 4 heteroatoms. The number of unbranched alkanes of at least 4 members (excludes halogenated alkanes) is 1. The largest absolute Gasteiger partial charge is 0.306 e. The topological polar surface area (TPSA) is 49.7 Å². The molecule has 1 heterocycles. The summed E-state index contributed by atoms with van der Waals surface area (Å²) in [5, 5.41) is 0. The molecule has 0 bridgehead atoms. The minimum Gasteiger partial charge on any atom is -0.306 e. The summed E-state index contributed by atoms with van der Waals surface area (Å²) in [6.07, 6.45) is 7.42. The van der Waals surface area contributed by atoms with Crippen LogP contribution in [0.15, 0.2) is 29.3 Å². The van der Waals surface area contributed by atoms with Gasteiger partial charge >= 0.3 is 0 Å². The van der Waals surface area contributed by atoms with Gasteiger partial charge in [0.25, 0.3) is 5.91 Å². The molecule has 2 rings (SSSR count). The minimum absolute atomic E-state index is 0.0267. The molecule has 172 valence electrons. The summed E-state index contributed by atoms with van der Waals surface area (Å²) >= 11 is 0. The van der Waals surface area contributed by atoms with Crippen molar-refractivity contribution < 1.29 is 9.59 Å². The van der Waals surface area contributed by atoms with Gasteiger partial charge in [0, 0.05) is 5.56 Å². The van der Waals surface area contributed by atoms with E-state index in [1.807, 2.05) is 24.3 Å². The second-order valence-electron chi connectivity index (χ2n) is 10.4. The van der Waals surface area contributed by atoms with Crippen molar-refractivity contribution in [2.24, 2.45) is 16.3 Å². The Labute approximate surface area is 189 Å². The quantitative estimate of drug-likeness (QED) is 0.358. The summed E-state index contributed by atoms with van der Waals surface area (Å²) in [5.74, 6) is 0.626. The molecule has 0 aliphatic carbocycles. The van der Waals surface area contributed by atoms with Crippen molar-refractivity contribution in [2.75, 3.05) is 0 Å². The fraction of sp³-hybridized carbons (Fsp3) is 0.667. The molecule has 1 aromatic rings. The number of carbonyl (C=O) groups is 2. The van der Waals surface area contributed by atoms with Gasteiger partial charge in [0.15, 0.2) is 0 Å². The Bertz CT molecular complexity index is 775. The first kappa shape index (κ1) is 25.3. The van der Waals surface area contributed by atoms with Gasteiger partial charge in [0.1, 0.15) is 17.7 Å². The van der Waals surface area contributed by atoms with Gasteiger partial charge in [-0.1, -0.05) is 85.1 Å². The molecule has 0 fully saturated rings. The van der Waals surface area contributed by atoms with Crippen LogP contribution in [-0.4, -0.2) is 28.5 Å². The average molecular weight is 427 g/mol. The lowest BCUT2D eigenvalue weighted by molar-refractivity contribution is -0.131. The molecular weight excluding hydrogens is 384 g/mol. The van der Waals surface area contributed by atoms with Crippen molar-refractivity contribution in [1.82, 2.24) is 4.90 Å². The van der Waals surface area contributed by atoms with Gasteiger partial charge in [-0.25, -0.2) is 0 Å². The summed E-state index contributed by atoms with van der Waals surface area (Å²) in [6.45, 7) is 15.6. The lowest BCUT2D eigenvalue weighted by atomic mass is 9.78. The van der Waals surface area contributed by atoms with E-state index in [2.05, 4.69) is 53.4 Å². The van der Waals surface area contributed by atoms with Crippen LogP contribution in [0.25, 0.3) is 0 Å². The zero-order valence-corrected chi connectivity index (χ0v) is 20.7. The smallest absolute Gasteiger partial charge is 0.270 e. The number of benzene rings is 1. The zero-order chi connectivity index (χ0) is 23.2. The summed E-state index contributed by atoms with van der Waals surface area (Å²) in [4.78, 5) is 31.8. The molecule has 0 saturated carbocycles. The van der Waals surface area contributed by atoms with E-state index in [-0.39, 0.29) is 17.4 Å². The third kappa shape index (κ3) is 6.05. The molecule has 4 nitrogen and oxygen atoms in total. The molecule has 1 aromatic carbocycles. The second kappa shape index (κ2) is 10.6. The predicted molar refractivity (Wildman–Crippen MR) is 130 cm³/mol. The van der Waals surface area contributed by atoms with Crippen LogP contribution in [0.3, 0.4) is 0 Å². The average Bonchev–Trinajstić information content (AvgIpc) is 2.97. The Morgan fingerprint density at radius 1 is 1.10 bits per heavy atom. The highest BCUT2D eigenvalue weighted by molar-refractivity contribution is 6.40. The molecular formula is C27H42N2O2. The molecule has 0 spiro atoms. The van der Waals surface area contributed by atoms with Crippen LogP contribution in [0.4, 0.5) is 0 Å². The summed E-state index contributed by atoms with van der Waals surface area (Å²) in [7, 11) is 0. The fourth-order valence-electron chi connectivity index (χ4n) is 4.37. The van der Waals surface area contributed by atoms with Crippen molar-refractivity contribution in [3.05, 3.63) is 35.4 Å². The maximum atomic E-state index is 13.6. The van der Waals surface area contributed by atoms with Gasteiger partial charge in [-0.2, -0.15) is 0 Å². The molecule has 0 aromatic heterocycles. The number of aldehydes is 1. The van der Waals surface area contributed by atoms with Crippen molar-refractivity contribution in [3.8, 4) is 0 Å². The van der Waals surface area contributed by atoms with E-state index < -0.39 is 5.66 Å². The second-order valence-corrected chi connectivity index (χ2v) is 10.4. The predicted octanol–water partition coefficient (Wildman–Crippen LogP) is 6.99. The molecule has 0 radical (unpaired) electrons. The fourth-order valence-corrected chi connectivity index (χ4v) is 4.37. The summed E-state index contributed by atoms with van der Waals surface area (Å²) < 4.78 is 0. The van der Waals surface area contributed by atoms with Crippen molar-refractivity contribution >= 4 is 17.9 Å². The van der Waals surface area contributed by atoms with Gasteiger partial charge < -0.3 is 4.90 Å². The number of hydrogen-bond acceptors (Lipinski definition) is 3. The first-order valence-electron chi connectivity index (χ1n) is 12.0. The number of rotatable bonds is 11. The van der Waals surface area contributed by atoms with Crippen LogP contribution >= 0.6 is 0 Å². The van der Waals surface area contributed by atoms with E-state index in [0.29, 0.717) is 11.5 Å². The molecule has 1 amide bonds. The van der Waals surface area contributed by atoms with E-state index in [1.165, 1.54) is 0 Å². The lowest BCUT2D eigenvalue weighted by Crippen LogP contribution is -2.47. The maximum Gasteiger partial charge on any atom is 0.270 e. The Morgan fingerprint density at radius 3 is 2.26 bits per heavy atom. The highest BCUT2D eigenvalue weighted by Crippen LogP contribution is 2.42. The van der Waals surface area contributed by atoms with Gasteiger partial charge in [0.05, 0.1) is 6.04 Å². The molecule has 3 unspecified atom stereocenters. The highest BCUT2D eigenvalue weighted by Gasteiger charge is 2.46. The van der Waals surface area contributed by atoms with Gasteiger partial charge in [-0.15, -0.1) is 0 Å². The SMILES string of the molecule is CCCCC(c1ccc(C=O)cc1)N1C(=O)C(CCC)=NC1(C)CCC(C)C(C)(C)C. The van der Waals surface area contributed by atoms with Gasteiger partial charge in [0.2, 0.25) is 0 Å². The van der Waals surface area contributed by atoms with Gasteiger partial charge in [-0.3, -0.25) is 14.6 Å². The van der Waals surface area contributed by atoms with Gasteiger partial charge in [-0.05, 0) is 49.5 Å². The van der Waals surface area contributed by atoms with E-state index in [9.17, 15) is 9.59 Å². The number of carbonyl (C=O) groups excluding carboxylic acids is 2. The maximum absolute atomic E-state index is 13.6. The Morgan fingerprint density at radius 2 is 1.74 bits per heavy atom. The van der Waals surface area contributed by atoms with Crippen molar-refractivity contribution in [3.63, 3.8) is 0 Å². The van der Waals surface area contributed by atoms with Crippen LogP contribution in [0, 0.1) is 11.3 Å². The standard InChI is InChI=1S/C27H42N2O2/c1-8-10-12-24(22-15-13-21(19-30)14-16-22)29-25(31)23(11-9-2)28-27(29,7)18-17-20(3)26(4,5)6/h13-16,19-20,24H,8-12,17-18H2,1-7H3. The number of amides is 1. The normalized spacial score (nSPS) is 21.2. The van der Waals surface area contributed by atoms with Crippen LogP contribution in [0.2, 0.25) is 0 Å². The number of hydrogen-bond donors (Lipinski definition) is 0. The van der Waals surface area contributed by atoms with Crippen molar-refractivity contribution in [2.45, 2.75) is 105 Å². The molecule has 3 atom stereocenters. The van der Waals surface area contributed by atoms with Crippen LogP contribution in [-0.2, 0) is 4.79 Å². The molecule has 1 aliphatic rings. The Balaban J connectivity index is 2.43. The Hall–Kier alpha value is -1.97. The first-order chi connectivity index (χ1) is 14.6. The van der Waals surface area contributed by atoms with Crippen LogP contribution < -0.4 is 0 Å². The Kier molecular flexibility index (Phi) is 8.62. The molecule has 31 heavy (non-hydrogen) atoms. The minimum atomic E-state index is -0.525. The zero-order valence-electron chi connectivity index (χ0n) is 20.7. The van der Waals surface area contributed by atoms with Crippen LogP contribution in [0.1, 0.15) is 115 Å². The van der Waals surface area contributed by atoms with E-state index in [0.717, 1.165) is 62.5 Å². The van der Waals surface area contributed by atoms with Crippen molar-refractivity contribution in [1.29, 1.82) is 0 Å². The first-order valence-corrected chi connectivity index (χ1v) is 12.0. The molecule has 1 aliphatic heterocycles. The summed E-state index contributed by atoms with van der Waals surface area (Å²) in [5.41, 5.74) is 2.18. The van der Waals surface area contributed by atoms with Crippen LogP contribution in [0.5, 0.6) is 0 Å². The van der Waals surface area contributed by atoms with E-state index >= 15 is 0 Å². The third-order valence-corrected chi connectivity index (χ3v) is 6.98. The summed E-state index contributed by atoms with van der Waals surface area (Å²) in [6, 6.07) is 7.70. The molecule has 0 saturated heterocycles. The molecule has 0 N–H and O–H groups in total. The van der Waals surface area contributed by atoms with E-state index in [1.54, 1.807) is 0 Å².